The van der Waals surface area contributed by atoms with Crippen LogP contribution in [0.1, 0.15) is 25.0 Å². The van der Waals surface area contributed by atoms with Crippen LogP contribution >= 0.6 is 46.7 Å². The minimum absolute atomic E-state index is 0.170. The van der Waals surface area contributed by atoms with E-state index in [0.29, 0.717) is 32.7 Å². The number of hydrogen-bond donors (Lipinski definition) is 0. The number of halogens is 4. The monoisotopic (exact) mass is 486 g/mol. The second kappa shape index (κ2) is 8.94. The maximum Gasteiger partial charge on any atom is 0.182 e. The highest BCUT2D eigenvalue weighted by molar-refractivity contribution is 8.13. The van der Waals surface area contributed by atoms with Crippen LogP contribution in [0.15, 0.2) is 46.4 Å². The van der Waals surface area contributed by atoms with Gasteiger partial charge in [0.1, 0.15) is 24.0 Å². The molecular formula is C20H18Cl2F2N4S2. The zero-order valence-electron chi connectivity index (χ0n) is 16.2. The van der Waals surface area contributed by atoms with Crippen LogP contribution in [0.2, 0.25) is 10.0 Å². The Balaban J connectivity index is 1.45. The molecule has 0 amide bonds. The summed E-state index contributed by atoms with van der Waals surface area (Å²) in [5.41, 5.74) is 0.907. The van der Waals surface area contributed by atoms with Gasteiger partial charge in [-0.3, -0.25) is 0 Å². The normalized spacial score (nSPS) is 20.5. The summed E-state index contributed by atoms with van der Waals surface area (Å²) in [7, 11) is 0. The zero-order valence-corrected chi connectivity index (χ0v) is 19.3. The summed E-state index contributed by atoms with van der Waals surface area (Å²) in [6.07, 6.45) is -0.341. The van der Waals surface area contributed by atoms with E-state index in [1.807, 2.05) is 23.9 Å². The van der Waals surface area contributed by atoms with E-state index in [4.69, 9.17) is 33.2 Å². The second-order valence-electron chi connectivity index (χ2n) is 6.75. The van der Waals surface area contributed by atoms with Gasteiger partial charge in [-0.15, -0.1) is 0 Å². The quantitative estimate of drug-likeness (QED) is 0.500. The molecule has 0 aromatic heterocycles. The van der Waals surface area contributed by atoms with E-state index in [1.54, 1.807) is 24.3 Å². The number of aliphatic imine (C=N–C) groups is 2. The van der Waals surface area contributed by atoms with Crippen molar-refractivity contribution in [1.29, 1.82) is 0 Å². The molecule has 4 rings (SSSR count). The van der Waals surface area contributed by atoms with E-state index in [9.17, 15) is 8.78 Å². The lowest BCUT2D eigenvalue weighted by molar-refractivity contribution is 0.119. The number of nitrogens with zero attached hydrogens (tertiary/aromatic N) is 4. The van der Waals surface area contributed by atoms with Gasteiger partial charge in [-0.2, -0.15) is 0 Å². The van der Waals surface area contributed by atoms with Gasteiger partial charge < -0.3 is 0 Å². The van der Waals surface area contributed by atoms with Gasteiger partial charge in [0.2, 0.25) is 0 Å². The molecule has 2 heterocycles. The van der Waals surface area contributed by atoms with Crippen molar-refractivity contribution in [2.24, 2.45) is 9.98 Å². The Morgan fingerprint density at radius 2 is 1.20 bits per heavy atom. The molecular weight excluding hydrogens is 469 g/mol. The summed E-state index contributed by atoms with van der Waals surface area (Å²) >= 11 is 15.1. The number of benzene rings is 2. The smallest absolute Gasteiger partial charge is 0.182 e. The maximum atomic E-state index is 14.1. The highest BCUT2D eigenvalue weighted by Gasteiger charge is 2.42. The third kappa shape index (κ3) is 4.15. The van der Waals surface area contributed by atoms with Crippen LogP contribution < -0.4 is 0 Å². The average Bonchev–Trinajstić information content (AvgIpc) is 3.19. The molecule has 0 bridgehead atoms. The first kappa shape index (κ1) is 21.7. The molecule has 0 fully saturated rings. The first-order valence-corrected chi connectivity index (χ1v) is 11.9. The van der Waals surface area contributed by atoms with Gasteiger partial charge in [0.15, 0.2) is 10.3 Å². The molecule has 0 saturated heterocycles. The van der Waals surface area contributed by atoms with Crippen LogP contribution in [0.5, 0.6) is 0 Å². The van der Waals surface area contributed by atoms with Crippen LogP contribution in [-0.2, 0) is 11.5 Å². The number of hydrazine groups is 1. The minimum atomic E-state index is -0.331. The van der Waals surface area contributed by atoms with Gasteiger partial charge in [0.05, 0.1) is 0 Å². The van der Waals surface area contributed by atoms with Crippen molar-refractivity contribution >= 4 is 57.1 Å². The lowest BCUT2D eigenvalue weighted by Crippen LogP contribution is -2.44. The van der Waals surface area contributed by atoms with E-state index >= 15 is 0 Å². The fourth-order valence-corrected chi connectivity index (χ4v) is 6.18. The molecule has 0 unspecified atom stereocenters. The van der Waals surface area contributed by atoms with Crippen molar-refractivity contribution in [1.82, 2.24) is 10.0 Å². The summed E-state index contributed by atoms with van der Waals surface area (Å²) in [6, 6.07) is 9.33. The molecule has 0 radical (unpaired) electrons. The van der Waals surface area contributed by atoms with Gasteiger partial charge in [0, 0.05) is 32.7 Å². The number of fused-ring (bicyclic) bond motifs is 1. The number of rotatable bonds is 4. The lowest BCUT2D eigenvalue weighted by atomic mass is 10.2. The third-order valence-electron chi connectivity index (χ3n) is 4.74. The van der Waals surface area contributed by atoms with Crippen molar-refractivity contribution in [2.75, 3.05) is 0 Å². The number of thioether (sulfide) groups is 2. The molecule has 2 aromatic carbocycles. The molecule has 2 aliphatic rings. The van der Waals surface area contributed by atoms with Crippen LogP contribution in [0.25, 0.3) is 0 Å². The van der Waals surface area contributed by atoms with E-state index in [-0.39, 0.29) is 24.0 Å². The molecule has 2 aliphatic heterocycles. The third-order valence-corrected chi connectivity index (χ3v) is 7.42. The summed E-state index contributed by atoms with van der Waals surface area (Å²) in [4.78, 5) is 9.42. The van der Waals surface area contributed by atoms with Crippen molar-refractivity contribution in [2.45, 2.75) is 37.7 Å². The first-order chi connectivity index (χ1) is 14.4. The fraction of sp³-hybridized carbons (Fsp3) is 0.300. The Labute approximate surface area is 192 Å². The molecule has 10 heteroatoms. The SMILES string of the molecule is C[C@@H]1N=C(SCc2c(F)cccc2Cl)N2[C@@H](C)N=C(SCc3c(F)cccc3Cl)N12. The predicted molar refractivity (Wildman–Crippen MR) is 123 cm³/mol. The molecule has 158 valence electrons. The van der Waals surface area contributed by atoms with Gasteiger partial charge in [-0.25, -0.2) is 28.8 Å². The maximum absolute atomic E-state index is 14.1. The Morgan fingerprint density at radius 1 is 0.800 bits per heavy atom. The van der Waals surface area contributed by atoms with Gasteiger partial charge in [-0.1, -0.05) is 58.9 Å². The molecule has 0 N–H and O–H groups in total. The number of hydrogen-bond acceptors (Lipinski definition) is 6. The van der Waals surface area contributed by atoms with Crippen molar-refractivity contribution in [3.63, 3.8) is 0 Å². The van der Waals surface area contributed by atoms with Gasteiger partial charge >= 0.3 is 0 Å². The summed E-state index contributed by atoms with van der Waals surface area (Å²) < 4.78 is 28.2. The van der Waals surface area contributed by atoms with Gasteiger partial charge in [0.25, 0.3) is 0 Å². The van der Waals surface area contributed by atoms with Crippen LogP contribution in [-0.4, -0.2) is 32.7 Å². The summed E-state index contributed by atoms with van der Waals surface area (Å²) in [5.74, 6) is 0.0625. The summed E-state index contributed by atoms with van der Waals surface area (Å²) in [5, 5.41) is 6.25. The van der Waals surface area contributed by atoms with Crippen molar-refractivity contribution in [3.05, 3.63) is 69.2 Å². The highest BCUT2D eigenvalue weighted by Crippen LogP contribution is 2.37. The topological polar surface area (TPSA) is 31.2 Å². The summed E-state index contributed by atoms with van der Waals surface area (Å²) in [6.45, 7) is 3.92. The fourth-order valence-electron chi connectivity index (χ4n) is 3.23. The molecule has 0 saturated carbocycles. The number of amidine groups is 2. The highest BCUT2D eigenvalue weighted by atomic mass is 35.5. The average molecular weight is 487 g/mol. The molecule has 0 aliphatic carbocycles. The van der Waals surface area contributed by atoms with E-state index in [1.165, 1.54) is 35.7 Å². The van der Waals surface area contributed by atoms with E-state index < -0.39 is 0 Å². The van der Waals surface area contributed by atoms with Crippen LogP contribution in [0, 0.1) is 11.6 Å². The minimum Gasteiger partial charge on any atom is -0.234 e. The zero-order chi connectivity index (χ0) is 21.4. The molecule has 4 nitrogen and oxygen atoms in total. The largest absolute Gasteiger partial charge is 0.234 e. The van der Waals surface area contributed by atoms with E-state index in [2.05, 4.69) is 0 Å². The molecule has 0 spiro atoms. The van der Waals surface area contributed by atoms with Crippen LogP contribution in [0.4, 0.5) is 8.78 Å². The Bertz CT molecular complexity index is 912. The molecule has 30 heavy (non-hydrogen) atoms. The van der Waals surface area contributed by atoms with Gasteiger partial charge in [-0.05, 0) is 38.1 Å². The first-order valence-electron chi connectivity index (χ1n) is 9.22. The molecule has 2 aromatic rings. The second-order valence-corrected chi connectivity index (χ2v) is 9.45. The van der Waals surface area contributed by atoms with Crippen molar-refractivity contribution < 1.29 is 8.78 Å². The Morgan fingerprint density at radius 3 is 1.57 bits per heavy atom. The lowest BCUT2D eigenvalue weighted by Gasteiger charge is -2.29. The standard InChI is InChI=1S/C20H18Cl2F2N4S2/c1-11-25-19(29-9-13-15(21)5-3-7-17(13)23)28-12(2)26-20(27(11)28)30-10-14-16(22)6-4-8-18(14)24/h3-8,11-12H,9-10H2,1-2H3/t11-,12+. The van der Waals surface area contributed by atoms with E-state index in [0.717, 1.165) is 10.3 Å². The molecule has 2 atom stereocenters. The Kier molecular flexibility index (Phi) is 6.48. The van der Waals surface area contributed by atoms with Crippen molar-refractivity contribution in [3.8, 4) is 0 Å². The Hall–Kier alpha value is -1.48. The predicted octanol–water partition coefficient (Wildman–Crippen LogP) is 6.39. The van der Waals surface area contributed by atoms with Crippen LogP contribution in [0.3, 0.4) is 0 Å².